The molecule has 0 saturated carbocycles. The summed E-state index contributed by atoms with van der Waals surface area (Å²) < 4.78 is 5.15. The second-order valence-electron chi connectivity index (χ2n) is 12.6. The van der Waals surface area contributed by atoms with E-state index in [1.54, 1.807) is 47.8 Å². The predicted molar refractivity (Wildman–Crippen MR) is 162 cm³/mol. The first kappa shape index (κ1) is 34.5. The Morgan fingerprint density at radius 1 is 1.07 bits per heavy atom. The van der Waals surface area contributed by atoms with E-state index in [0.717, 1.165) is 22.4 Å². The van der Waals surface area contributed by atoms with Crippen LogP contribution in [-0.2, 0) is 25.7 Å². The number of nitrogens with one attached hydrogen (secondary N) is 3. The van der Waals surface area contributed by atoms with Crippen molar-refractivity contribution in [3.8, 4) is 0 Å². The summed E-state index contributed by atoms with van der Waals surface area (Å²) in [5.41, 5.74) is 2.44. The number of alkyl carbamates (subject to hydrolysis) is 1. The summed E-state index contributed by atoms with van der Waals surface area (Å²) in [6.45, 7) is 16.1. The molecule has 0 unspecified atom stereocenters. The first-order valence-corrected chi connectivity index (χ1v) is 14.2. The Kier molecular flexibility index (Phi) is 11.9. The molecule has 1 aromatic rings. The van der Waals surface area contributed by atoms with Crippen LogP contribution in [0.1, 0.15) is 79.9 Å². The van der Waals surface area contributed by atoms with Crippen molar-refractivity contribution in [3.05, 3.63) is 41.1 Å². The topological polar surface area (TPSA) is 149 Å². The van der Waals surface area contributed by atoms with Gasteiger partial charge in [0.05, 0.1) is 6.10 Å². The van der Waals surface area contributed by atoms with Gasteiger partial charge in [0.25, 0.3) is 0 Å². The largest absolute Gasteiger partial charge is 0.444 e. The standard InChI is InChI=1S/C31H47N5O6/c1-10-32-20(3)19(2)22-13-11-21(12-14-22)16-33-27(39)24-15-23(37)18-36(24)28(40)26(30(4,5)6)35-25(38)17-34-29(41)42-31(7,8)9/h10-14,23-24,26,37H,15-18H2,1-9H3,(H,33,39)(H,34,41)(H,35,38)/b20-19+,32-10?/t23-,24+,26-/m1/s1. The highest BCUT2D eigenvalue weighted by Crippen LogP contribution is 2.26. The second-order valence-corrected chi connectivity index (χ2v) is 12.6. The van der Waals surface area contributed by atoms with Crippen molar-refractivity contribution in [2.24, 2.45) is 10.4 Å². The smallest absolute Gasteiger partial charge is 0.408 e. The van der Waals surface area contributed by atoms with Crippen LogP contribution < -0.4 is 16.0 Å². The van der Waals surface area contributed by atoms with Gasteiger partial charge in [0.15, 0.2) is 0 Å². The maximum absolute atomic E-state index is 13.7. The molecule has 232 valence electrons. The van der Waals surface area contributed by atoms with Crippen LogP contribution in [0.5, 0.6) is 0 Å². The molecule has 3 atom stereocenters. The highest BCUT2D eigenvalue weighted by Gasteiger charge is 2.44. The Hall–Kier alpha value is -3.73. The minimum Gasteiger partial charge on any atom is -0.444 e. The zero-order valence-electron chi connectivity index (χ0n) is 26.3. The fourth-order valence-corrected chi connectivity index (χ4v) is 4.48. The number of aliphatic hydroxyl groups excluding tert-OH is 1. The summed E-state index contributed by atoms with van der Waals surface area (Å²) in [5.74, 6) is -1.46. The van der Waals surface area contributed by atoms with Crippen LogP contribution in [0.3, 0.4) is 0 Å². The number of rotatable bonds is 9. The number of carbonyl (C=O) groups excluding carboxylic acids is 4. The van der Waals surface area contributed by atoms with Gasteiger partial charge < -0.3 is 30.7 Å². The number of amides is 4. The quantitative estimate of drug-likeness (QED) is 0.327. The lowest BCUT2D eigenvalue weighted by Gasteiger charge is -2.35. The van der Waals surface area contributed by atoms with Gasteiger partial charge in [-0.3, -0.25) is 19.4 Å². The normalized spacial score (nSPS) is 18.8. The second kappa shape index (κ2) is 14.4. The van der Waals surface area contributed by atoms with Crippen LogP contribution in [0.25, 0.3) is 5.57 Å². The third kappa shape index (κ3) is 10.3. The number of benzene rings is 1. The number of ether oxygens (including phenoxy) is 1. The van der Waals surface area contributed by atoms with Crippen molar-refractivity contribution in [3.63, 3.8) is 0 Å². The van der Waals surface area contributed by atoms with Crippen molar-refractivity contribution in [1.29, 1.82) is 0 Å². The number of likely N-dealkylation sites (tertiary alicyclic amines) is 1. The third-order valence-corrected chi connectivity index (χ3v) is 6.79. The minimum atomic E-state index is -1.00. The molecule has 1 saturated heterocycles. The number of aliphatic hydroxyl groups is 1. The van der Waals surface area contributed by atoms with Crippen molar-refractivity contribution in [2.45, 2.75) is 99.1 Å². The number of hydrogen-bond donors (Lipinski definition) is 4. The van der Waals surface area contributed by atoms with Gasteiger partial charge in [-0.15, -0.1) is 0 Å². The van der Waals surface area contributed by atoms with Gasteiger partial charge in [-0.1, -0.05) is 45.0 Å². The average molecular weight is 586 g/mol. The Morgan fingerprint density at radius 2 is 1.69 bits per heavy atom. The summed E-state index contributed by atoms with van der Waals surface area (Å²) in [6, 6.07) is 5.88. The third-order valence-electron chi connectivity index (χ3n) is 6.79. The molecule has 1 aromatic carbocycles. The van der Waals surface area contributed by atoms with Gasteiger partial charge >= 0.3 is 6.09 Å². The van der Waals surface area contributed by atoms with E-state index in [9.17, 15) is 24.3 Å². The molecular weight excluding hydrogens is 538 g/mol. The molecule has 1 aliphatic rings. The number of allylic oxidation sites excluding steroid dienone is 2. The highest BCUT2D eigenvalue weighted by atomic mass is 16.6. The number of carbonyl (C=O) groups is 4. The number of β-amino-alcohol motifs (C(OH)–C–C–N with tert-alkyl or cyclic N) is 1. The lowest BCUT2D eigenvalue weighted by Crippen LogP contribution is -2.58. The summed E-state index contributed by atoms with van der Waals surface area (Å²) in [6.07, 6.45) is 0.205. The van der Waals surface area contributed by atoms with E-state index in [4.69, 9.17) is 4.74 Å². The summed E-state index contributed by atoms with van der Waals surface area (Å²) in [4.78, 5) is 57.2. The van der Waals surface area contributed by atoms with E-state index < -0.39 is 53.0 Å². The Balaban J connectivity index is 2.08. The molecule has 11 heteroatoms. The molecule has 4 amide bonds. The molecule has 4 N–H and O–H groups in total. The number of hydrogen-bond acceptors (Lipinski definition) is 7. The van der Waals surface area contributed by atoms with Crippen LogP contribution in [0.4, 0.5) is 4.79 Å². The zero-order valence-corrected chi connectivity index (χ0v) is 26.3. The van der Waals surface area contributed by atoms with Crippen molar-refractivity contribution in [2.75, 3.05) is 13.1 Å². The molecule has 42 heavy (non-hydrogen) atoms. The minimum absolute atomic E-state index is 0.0323. The molecule has 1 aliphatic heterocycles. The monoisotopic (exact) mass is 585 g/mol. The van der Waals surface area contributed by atoms with E-state index in [1.165, 1.54) is 4.90 Å². The highest BCUT2D eigenvalue weighted by molar-refractivity contribution is 5.94. The summed E-state index contributed by atoms with van der Waals surface area (Å²) >= 11 is 0. The molecule has 0 bridgehead atoms. The van der Waals surface area contributed by atoms with Gasteiger partial charge in [0.1, 0.15) is 24.2 Å². The summed E-state index contributed by atoms with van der Waals surface area (Å²) in [7, 11) is 0. The van der Waals surface area contributed by atoms with Gasteiger partial charge in [-0.25, -0.2) is 4.79 Å². The first-order valence-electron chi connectivity index (χ1n) is 14.2. The van der Waals surface area contributed by atoms with Crippen molar-refractivity contribution in [1.82, 2.24) is 20.9 Å². The lowest BCUT2D eigenvalue weighted by molar-refractivity contribution is -0.144. The lowest BCUT2D eigenvalue weighted by atomic mass is 9.85. The fourth-order valence-electron chi connectivity index (χ4n) is 4.48. The number of aliphatic imine (C=N–C) groups is 1. The first-order chi connectivity index (χ1) is 19.4. The zero-order chi connectivity index (χ0) is 31.8. The van der Waals surface area contributed by atoms with E-state index in [1.807, 2.05) is 45.0 Å². The van der Waals surface area contributed by atoms with Gasteiger partial charge in [-0.05, 0) is 63.7 Å². The van der Waals surface area contributed by atoms with E-state index in [-0.39, 0.29) is 26.1 Å². The van der Waals surface area contributed by atoms with Crippen LogP contribution in [0.15, 0.2) is 35.0 Å². The molecule has 1 heterocycles. The fraction of sp³-hybridized carbons (Fsp3) is 0.581. The number of nitrogens with zero attached hydrogens (tertiary/aromatic N) is 2. The van der Waals surface area contributed by atoms with Crippen LogP contribution >= 0.6 is 0 Å². The van der Waals surface area contributed by atoms with Gasteiger partial charge in [-0.2, -0.15) is 0 Å². The molecule has 2 rings (SSSR count). The van der Waals surface area contributed by atoms with E-state index >= 15 is 0 Å². The Bertz CT molecular complexity index is 1190. The maximum Gasteiger partial charge on any atom is 0.408 e. The molecular formula is C31H47N5O6. The van der Waals surface area contributed by atoms with Crippen LogP contribution in [-0.4, -0.2) is 76.9 Å². The molecule has 0 aliphatic carbocycles. The Morgan fingerprint density at radius 3 is 2.24 bits per heavy atom. The van der Waals surface area contributed by atoms with Crippen LogP contribution in [0, 0.1) is 5.41 Å². The van der Waals surface area contributed by atoms with Crippen molar-refractivity contribution < 1.29 is 29.0 Å². The molecule has 11 nitrogen and oxygen atoms in total. The van der Waals surface area contributed by atoms with Crippen LogP contribution in [0.2, 0.25) is 0 Å². The van der Waals surface area contributed by atoms with Crippen molar-refractivity contribution >= 4 is 35.6 Å². The average Bonchev–Trinajstić information content (AvgIpc) is 3.29. The van der Waals surface area contributed by atoms with Gasteiger partial charge in [0.2, 0.25) is 17.7 Å². The van der Waals surface area contributed by atoms with E-state index in [2.05, 4.69) is 20.9 Å². The maximum atomic E-state index is 13.7. The molecule has 1 fully saturated rings. The predicted octanol–water partition coefficient (Wildman–Crippen LogP) is 3.16. The summed E-state index contributed by atoms with van der Waals surface area (Å²) in [5, 5.41) is 18.3. The van der Waals surface area contributed by atoms with E-state index in [0.29, 0.717) is 0 Å². The Labute approximate surface area is 249 Å². The molecule has 0 aromatic heterocycles. The molecule has 0 spiro atoms. The molecule has 0 radical (unpaired) electrons. The van der Waals surface area contributed by atoms with Gasteiger partial charge in [0, 0.05) is 31.4 Å². The SMILES string of the molecule is CC=N/C(C)=C(\C)c1ccc(CNC(=O)[C@@H]2C[C@@H](O)CN2C(=O)[C@@H](NC(=O)CNC(=O)OC(C)(C)C)C(C)(C)C)cc1.